The van der Waals surface area contributed by atoms with Crippen LogP contribution >= 0.6 is 0 Å². The van der Waals surface area contributed by atoms with Gasteiger partial charge in [-0.1, -0.05) is 5.10 Å². The zero-order valence-electron chi connectivity index (χ0n) is 12.0. The van der Waals surface area contributed by atoms with Gasteiger partial charge < -0.3 is 15.1 Å². The van der Waals surface area contributed by atoms with Crippen LogP contribution in [0, 0.1) is 17.5 Å². The van der Waals surface area contributed by atoms with E-state index in [1.165, 1.54) is 24.3 Å². The van der Waals surface area contributed by atoms with Crippen molar-refractivity contribution in [3.05, 3.63) is 53.8 Å². The molecule has 0 aliphatic heterocycles. The maximum Gasteiger partial charge on any atom is 0.313 e. The van der Waals surface area contributed by atoms with Crippen molar-refractivity contribution in [2.45, 2.75) is 0 Å². The molecule has 0 saturated carbocycles. The van der Waals surface area contributed by atoms with Crippen LogP contribution in [0.1, 0.15) is 0 Å². The maximum absolute atomic E-state index is 14.1. The second kappa shape index (κ2) is 5.12. The minimum absolute atomic E-state index is 0.00285. The molecule has 2 aromatic heterocycles. The number of aromatic nitrogens is 3. The van der Waals surface area contributed by atoms with Crippen LogP contribution in [0.3, 0.4) is 0 Å². The van der Waals surface area contributed by atoms with Gasteiger partial charge in [0.2, 0.25) is 0 Å². The highest BCUT2D eigenvalue weighted by atomic mass is 19.1. The Kier molecular flexibility index (Phi) is 3.05. The molecule has 0 aliphatic carbocycles. The molecule has 0 aliphatic rings. The van der Waals surface area contributed by atoms with Crippen LogP contribution in [0.5, 0.6) is 0 Å². The van der Waals surface area contributed by atoms with Gasteiger partial charge in [-0.15, -0.1) is 5.10 Å². The summed E-state index contributed by atoms with van der Waals surface area (Å²) in [5.41, 5.74) is 6.74. The van der Waals surface area contributed by atoms with E-state index in [2.05, 4.69) is 15.2 Å². The van der Waals surface area contributed by atoms with Crippen LogP contribution in [0.4, 0.5) is 19.2 Å². The van der Waals surface area contributed by atoms with Gasteiger partial charge in [-0.05, 0) is 35.9 Å². The molecule has 0 radical (unpaired) electrons. The van der Waals surface area contributed by atoms with E-state index in [0.29, 0.717) is 16.8 Å². The smallest absolute Gasteiger partial charge is 0.313 e. The molecule has 2 heterocycles. The number of hydrogen-bond acceptors (Lipinski definition) is 4. The summed E-state index contributed by atoms with van der Waals surface area (Å²) in [4.78, 5) is 2.87. The third kappa shape index (κ3) is 2.19. The van der Waals surface area contributed by atoms with Gasteiger partial charge in [-0.3, -0.25) is 0 Å². The molecule has 120 valence electrons. The molecule has 0 saturated heterocycles. The van der Waals surface area contributed by atoms with Crippen molar-refractivity contribution in [3.8, 4) is 22.7 Å². The zero-order valence-corrected chi connectivity index (χ0v) is 12.0. The van der Waals surface area contributed by atoms with E-state index < -0.39 is 17.5 Å². The number of halogens is 3. The van der Waals surface area contributed by atoms with Gasteiger partial charge in [0.05, 0.1) is 16.8 Å². The summed E-state index contributed by atoms with van der Waals surface area (Å²) >= 11 is 0. The Morgan fingerprint density at radius 1 is 0.958 bits per heavy atom. The fourth-order valence-corrected chi connectivity index (χ4v) is 2.61. The van der Waals surface area contributed by atoms with Crippen molar-refractivity contribution in [1.82, 2.24) is 15.2 Å². The summed E-state index contributed by atoms with van der Waals surface area (Å²) in [6, 6.07) is 7.24. The summed E-state index contributed by atoms with van der Waals surface area (Å²) in [5, 5.41) is 7.58. The molecular weight excluding hydrogens is 321 g/mol. The number of H-pyrrole nitrogens is 1. The molecular formula is C16H9F3N4O. The van der Waals surface area contributed by atoms with Gasteiger partial charge >= 0.3 is 6.01 Å². The van der Waals surface area contributed by atoms with Gasteiger partial charge in [0.15, 0.2) is 0 Å². The Bertz CT molecular complexity index is 1050. The SMILES string of the molecule is Nc1nnc(-c2c(-c3ccc(F)cc3)[nH]c3c(F)cc(F)cc23)o1. The molecule has 8 heteroatoms. The monoisotopic (exact) mass is 330 g/mol. The number of nitrogens with one attached hydrogen (secondary N) is 1. The first-order valence-electron chi connectivity index (χ1n) is 6.89. The topological polar surface area (TPSA) is 80.7 Å². The largest absolute Gasteiger partial charge is 0.403 e. The molecule has 0 amide bonds. The minimum atomic E-state index is -0.771. The van der Waals surface area contributed by atoms with E-state index in [0.717, 1.165) is 12.1 Å². The first kappa shape index (κ1) is 14.3. The molecule has 4 aromatic rings. The summed E-state index contributed by atoms with van der Waals surface area (Å²) in [7, 11) is 0. The Morgan fingerprint density at radius 3 is 2.38 bits per heavy atom. The van der Waals surface area contributed by atoms with E-state index in [1.807, 2.05) is 0 Å². The van der Waals surface area contributed by atoms with E-state index in [4.69, 9.17) is 10.2 Å². The molecule has 0 spiro atoms. The van der Waals surface area contributed by atoms with Gasteiger partial charge in [-0.25, -0.2) is 13.2 Å². The first-order chi connectivity index (χ1) is 11.5. The average molecular weight is 330 g/mol. The third-order valence-electron chi connectivity index (χ3n) is 3.61. The van der Waals surface area contributed by atoms with Crippen LogP contribution in [0.15, 0.2) is 40.8 Å². The lowest BCUT2D eigenvalue weighted by Gasteiger charge is -2.01. The Balaban J connectivity index is 2.08. The van der Waals surface area contributed by atoms with Crippen molar-refractivity contribution >= 4 is 16.9 Å². The molecule has 5 nitrogen and oxygen atoms in total. The lowest BCUT2D eigenvalue weighted by Crippen LogP contribution is -1.84. The number of rotatable bonds is 2. The highest BCUT2D eigenvalue weighted by Gasteiger charge is 2.22. The maximum atomic E-state index is 14.1. The standard InChI is InChI=1S/C16H9F3N4O/c17-8-3-1-7(2-4-8)13-12(15-22-23-16(20)24-15)10-5-9(18)6-11(19)14(10)21-13/h1-6,21H,(H2,20,23). The van der Waals surface area contributed by atoms with Gasteiger partial charge in [0.1, 0.15) is 17.5 Å². The van der Waals surface area contributed by atoms with Crippen molar-refractivity contribution in [2.24, 2.45) is 0 Å². The number of anilines is 1. The zero-order chi connectivity index (χ0) is 16.8. The average Bonchev–Trinajstić information content (AvgIpc) is 3.11. The number of hydrogen-bond donors (Lipinski definition) is 2. The number of nitrogen functional groups attached to an aromatic ring is 1. The quantitative estimate of drug-likeness (QED) is 0.584. The first-order valence-corrected chi connectivity index (χ1v) is 6.89. The highest BCUT2D eigenvalue weighted by Crippen LogP contribution is 2.39. The van der Waals surface area contributed by atoms with Crippen LogP contribution in [-0.2, 0) is 0 Å². The molecule has 3 N–H and O–H groups in total. The van der Waals surface area contributed by atoms with Gasteiger partial charge in [0.25, 0.3) is 5.89 Å². The van der Waals surface area contributed by atoms with Crippen LogP contribution in [-0.4, -0.2) is 15.2 Å². The van der Waals surface area contributed by atoms with Crippen molar-refractivity contribution in [3.63, 3.8) is 0 Å². The number of benzene rings is 2. The molecule has 0 fully saturated rings. The van der Waals surface area contributed by atoms with Crippen LogP contribution < -0.4 is 5.73 Å². The minimum Gasteiger partial charge on any atom is -0.403 e. The summed E-state index contributed by atoms with van der Waals surface area (Å²) in [6.07, 6.45) is 0. The molecule has 0 unspecified atom stereocenters. The molecule has 0 bridgehead atoms. The Morgan fingerprint density at radius 2 is 1.71 bits per heavy atom. The summed E-state index contributed by atoms with van der Waals surface area (Å²) < 4.78 is 46.2. The highest BCUT2D eigenvalue weighted by molar-refractivity contribution is 6.02. The lowest BCUT2D eigenvalue weighted by molar-refractivity contribution is 0.589. The predicted molar refractivity (Wildman–Crippen MR) is 81.3 cm³/mol. The van der Waals surface area contributed by atoms with E-state index in [1.54, 1.807) is 0 Å². The summed E-state index contributed by atoms with van der Waals surface area (Å²) in [5.74, 6) is -1.94. The Labute approximate surface area is 132 Å². The van der Waals surface area contributed by atoms with Crippen molar-refractivity contribution < 1.29 is 17.6 Å². The van der Waals surface area contributed by atoms with Crippen molar-refractivity contribution in [1.29, 1.82) is 0 Å². The third-order valence-corrected chi connectivity index (χ3v) is 3.61. The molecule has 4 rings (SSSR count). The normalized spacial score (nSPS) is 11.3. The number of fused-ring (bicyclic) bond motifs is 1. The molecule has 2 aromatic carbocycles. The number of nitrogens with zero attached hydrogens (tertiary/aromatic N) is 2. The second-order valence-electron chi connectivity index (χ2n) is 5.14. The van der Waals surface area contributed by atoms with Gasteiger partial charge in [-0.2, -0.15) is 0 Å². The van der Waals surface area contributed by atoms with Crippen LogP contribution in [0.25, 0.3) is 33.6 Å². The van der Waals surface area contributed by atoms with Crippen molar-refractivity contribution in [2.75, 3.05) is 5.73 Å². The van der Waals surface area contributed by atoms with Crippen LogP contribution in [0.2, 0.25) is 0 Å². The number of aromatic amines is 1. The fourth-order valence-electron chi connectivity index (χ4n) is 2.61. The van der Waals surface area contributed by atoms with E-state index in [-0.39, 0.29) is 22.8 Å². The molecule has 0 atom stereocenters. The van der Waals surface area contributed by atoms with Gasteiger partial charge in [0, 0.05) is 11.5 Å². The Hall–Kier alpha value is -3.29. The van der Waals surface area contributed by atoms with E-state index in [9.17, 15) is 13.2 Å². The second-order valence-corrected chi connectivity index (χ2v) is 5.14. The molecule has 24 heavy (non-hydrogen) atoms. The lowest BCUT2D eigenvalue weighted by atomic mass is 10.0. The fraction of sp³-hybridized carbons (Fsp3) is 0. The number of nitrogens with two attached hydrogens (primary N) is 1. The predicted octanol–water partition coefficient (Wildman–Crippen LogP) is 3.88. The summed E-state index contributed by atoms with van der Waals surface area (Å²) in [6.45, 7) is 0. The van der Waals surface area contributed by atoms with E-state index >= 15 is 0 Å².